The molecule has 110 valence electrons. The predicted molar refractivity (Wildman–Crippen MR) is 82.2 cm³/mol. The van der Waals surface area contributed by atoms with Crippen LogP contribution in [0.15, 0.2) is 28.7 Å². The molecular formula is C14H18BrNO3S. The second kappa shape index (κ2) is 6.37. The number of sulfonamides is 1. The Labute approximate surface area is 128 Å². The summed E-state index contributed by atoms with van der Waals surface area (Å²) in [5.74, 6) is 0.177. The molecule has 0 aliphatic carbocycles. The first-order chi connectivity index (χ1) is 9.38. The Hall–Kier alpha value is -0.720. The number of carbonyl (C=O) groups excluding carboxylic acids is 1. The third-order valence-electron chi connectivity index (χ3n) is 3.60. The van der Waals surface area contributed by atoms with Crippen molar-refractivity contribution in [3.8, 4) is 0 Å². The molecule has 1 atom stereocenters. The molecule has 1 aromatic carbocycles. The van der Waals surface area contributed by atoms with E-state index in [0.29, 0.717) is 25.1 Å². The lowest BCUT2D eigenvalue weighted by molar-refractivity contribution is 0.0941. The molecule has 1 saturated heterocycles. The van der Waals surface area contributed by atoms with Crippen molar-refractivity contribution in [2.75, 3.05) is 19.3 Å². The lowest BCUT2D eigenvalue weighted by Gasteiger charge is -2.30. The van der Waals surface area contributed by atoms with Gasteiger partial charge in [-0.05, 0) is 24.8 Å². The summed E-state index contributed by atoms with van der Waals surface area (Å²) in [5.41, 5.74) is 0.670. The number of ketones is 1. The molecule has 0 saturated carbocycles. The maximum Gasteiger partial charge on any atom is 0.211 e. The van der Waals surface area contributed by atoms with Crippen LogP contribution in [0.5, 0.6) is 0 Å². The number of Topliss-reactive ketones (excluding diaryl/α,β-unsaturated/α-hetero) is 1. The molecule has 20 heavy (non-hydrogen) atoms. The summed E-state index contributed by atoms with van der Waals surface area (Å²) in [6, 6.07) is 7.34. The Balaban J connectivity index is 2.03. The van der Waals surface area contributed by atoms with Crippen LogP contribution < -0.4 is 0 Å². The minimum Gasteiger partial charge on any atom is -0.294 e. The van der Waals surface area contributed by atoms with E-state index in [0.717, 1.165) is 17.3 Å². The molecule has 1 aliphatic rings. The van der Waals surface area contributed by atoms with E-state index in [1.807, 2.05) is 18.2 Å². The quantitative estimate of drug-likeness (QED) is 0.776. The molecule has 0 spiro atoms. The first-order valence-electron chi connectivity index (χ1n) is 6.61. The zero-order chi connectivity index (χ0) is 14.8. The molecule has 0 amide bonds. The van der Waals surface area contributed by atoms with E-state index in [4.69, 9.17) is 0 Å². The Morgan fingerprint density at radius 1 is 1.40 bits per heavy atom. The van der Waals surface area contributed by atoms with Crippen LogP contribution in [0.1, 0.15) is 29.6 Å². The van der Waals surface area contributed by atoms with Crippen molar-refractivity contribution in [1.82, 2.24) is 4.31 Å². The van der Waals surface area contributed by atoms with Gasteiger partial charge in [0.05, 0.1) is 6.26 Å². The molecule has 0 radical (unpaired) electrons. The van der Waals surface area contributed by atoms with Gasteiger partial charge in [0.1, 0.15) is 0 Å². The molecule has 1 aliphatic heterocycles. The van der Waals surface area contributed by atoms with Crippen LogP contribution in [0, 0.1) is 5.92 Å². The molecular weight excluding hydrogens is 342 g/mol. The van der Waals surface area contributed by atoms with E-state index in [-0.39, 0.29) is 11.7 Å². The summed E-state index contributed by atoms with van der Waals surface area (Å²) in [6.45, 7) is 1.02. The number of benzene rings is 1. The highest BCUT2D eigenvalue weighted by molar-refractivity contribution is 9.10. The third kappa shape index (κ3) is 3.90. The van der Waals surface area contributed by atoms with Gasteiger partial charge in [0, 0.05) is 29.5 Å². The summed E-state index contributed by atoms with van der Waals surface area (Å²) >= 11 is 3.38. The minimum absolute atomic E-state index is 0.0674. The molecule has 0 bridgehead atoms. The van der Waals surface area contributed by atoms with Crippen LogP contribution >= 0.6 is 15.9 Å². The van der Waals surface area contributed by atoms with Crippen LogP contribution in [-0.4, -0.2) is 37.9 Å². The minimum atomic E-state index is -3.15. The van der Waals surface area contributed by atoms with Crippen molar-refractivity contribution in [3.63, 3.8) is 0 Å². The van der Waals surface area contributed by atoms with Gasteiger partial charge < -0.3 is 0 Å². The molecule has 6 heteroatoms. The van der Waals surface area contributed by atoms with E-state index in [1.165, 1.54) is 10.6 Å². The third-order valence-corrected chi connectivity index (χ3v) is 5.56. The van der Waals surface area contributed by atoms with E-state index in [2.05, 4.69) is 15.9 Å². The fourth-order valence-electron chi connectivity index (χ4n) is 2.55. The maximum absolute atomic E-state index is 12.3. The van der Waals surface area contributed by atoms with Gasteiger partial charge in [-0.25, -0.2) is 12.7 Å². The van der Waals surface area contributed by atoms with Crippen LogP contribution in [0.2, 0.25) is 0 Å². The topological polar surface area (TPSA) is 54.5 Å². The number of halogens is 1. The van der Waals surface area contributed by atoms with Crippen LogP contribution in [0.3, 0.4) is 0 Å². The standard InChI is InChI=1S/C14H18BrNO3S/c1-20(18,19)16-8-4-5-11(10-16)9-14(17)12-6-2-3-7-13(12)15/h2-3,6-7,11H,4-5,8-10H2,1H3. The second-order valence-electron chi connectivity index (χ2n) is 5.24. The van der Waals surface area contributed by atoms with E-state index in [1.54, 1.807) is 6.07 Å². The smallest absolute Gasteiger partial charge is 0.211 e. The van der Waals surface area contributed by atoms with Crippen molar-refractivity contribution < 1.29 is 13.2 Å². The molecule has 2 rings (SSSR count). The molecule has 1 aromatic rings. The van der Waals surface area contributed by atoms with E-state index >= 15 is 0 Å². The Morgan fingerprint density at radius 2 is 2.10 bits per heavy atom. The van der Waals surface area contributed by atoms with Crippen LogP contribution in [-0.2, 0) is 10.0 Å². The molecule has 1 unspecified atom stereocenters. The van der Waals surface area contributed by atoms with Gasteiger partial charge in [0.2, 0.25) is 10.0 Å². The fourth-order valence-corrected chi connectivity index (χ4v) is 4.00. The summed E-state index contributed by atoms with van der Waals surface area (Å²) in [6.07, 6.45) is 3.35. The largest absolute Gasteiger partial charge is 0.294 e. The Kier molecular flexibility index (Phi) is 4.99. The lowest BCUT2D eigenvalue weighted by atomic mass is 9.92. The number of hydrogen-bond acceptors (Lipinski definition) is 3. The highest BCUT2D eigenvalue weighted by Gasteiger charge is 2.27. The maximum atomic E-state index is 12.3. The van der Waals surface area contributed by atoms with Crippen molar-refractivity contribution >= 4 is 31.7 Å². The van der Waals surface area contributed by atoms with Crippen LogP contribution in [0.4, 0.5) is 0 Å². The Bertz CT molecular complexity index is 600. The first kappa shape index (κ1) is 15.7. The normalized spacial score (nSPS) is 20.8. The molecule has 4 nitrogen and oxygen atoms in total. The van der Waals surface area contributed by atoms with Crippen molar-refractivity contribution in [2.45, 2.75) is 19.3 Å². The van der Waals surface area contributed by atoms with Gasteiger partial charge in [-0.1, -0.05) is 34.1 Å². The van der Waals surface area contributed by atoms with Crippen molar-refractivity contribution in [2.24, 2.45) is 5.92 Å². The van der Waals surface area contributed by atoms with E-state index in [9.17, 15) is 13.2 Å². The summed E-state index contributed by atoms with van der Waals surface area (Å²) in [5, 5.41) is 0. The number of hydrogen-bond donors (Lipinski definition) is 0. The van der Waals surface area contributed by atoms with Gasteiger partial charge >= 0.3 is 0 Å². The number of carbonyl (C=O) groups is 1. The predicted octanol–water partition coefficient (Wildman–Crippen LogP) is 2.69. The molecule has 0 N–H and O–H groups in total. The highest BCUT2D eigenvalue weighted by atomic mass is 79.9. The lowest BCUT2D eigenvalue weighted by Crippen LogP contribution is -2.39. The Morgan fingerprint density at radius 3 is 2.75 bits per heavy atom. The highest BCUT2D eigenvalue weighted by Crippen LogP contribution is 2.25. The fraction of sp³-hybridized carbons (Fsp3) is 0.500. The van der Waals surface area contributed by atoms with Gasteiger partial charge in [-0.2, -0.15) is 0 Å². The average Bonchev–Trinajstić information content (AvgIpc) is 2.38. The zero-order valence-corrected chi connectivity index (χ0v) is 13.8. The molecule has 0 aromatic heterocycles. The summed E-state index contributed by atoms with van der Waals surface area (Å²) in [7, 11) is -3.15. The average molecular weight is 360 g/mol. The van der Waals surface area contributed by atoms with Gasteiger partial charge in [0.25, 0.3) is 0 Å². The first-order valence-corrected chi connectivity index (χ1v) is 9.25. The SMILES string of the molecule is CS(=O)(=O)N1CCCC(CC(=O)c2ccccc2Br)C1. The molecule has 1 fully saturated rings. The summed E-state index contributed by atoms with van der Waals surface area (Å²) < 4.78 is 25.4. The number of nitrogens with zero attached hydrogens (tertiary/aromatic N) is 1. The number of rotatable bonds is 4. The van der Waals surface area contributed by atoms with Crippen molar-refractivity contribution in [1.29, 1.82) is 0 Å². The second-order valence-corrected chi connectivity index (χ2v) is 8.07. The summed E-state index contributed by atoms with van der Waals surface area (Å²) in [4.78, 5) is 12.3. The van der Waals surface area contributed by atoms with Gasteiger partial charge in [-0.3, -0.25) is 4.79 Å². The zero-order valence-electron chi connectivity index (χ0n) is 11.4. The van der Waals surface area contributed by atoms with Gasteiger partial charge in [-0.15, -0.1) is 0 Å². The van der Waals surface area contributed by atoms with Crippen molar-refractivity contribution in [3.05, 3.63) is 34.3 Å². The van der Waals surface area contributed by atoms with Gasteiger partial charge in [0.15, 0.2) is 5.78 Å². The monoisotopic (exact) mass is 359 g/mol. The number of piperidine rings is 1. The molecule has 1 heterocycles. The van der Waals surface area contributed by atoms with Crippen LogP contribution in [0.25, 0.3) is 0 Å². The van der Waals surface area contributed by atoms with E-state index < -0.39 is 10.0 Å².